The first-order valence-electron chi connectivity index (χ1n) is 31.1. The quantitative estimate of drug-likeness (QED) is 0.139. The number of hydrogen-bond donors (Lipinski definition) is 5. The number of hydrogen-bond acceptors (Lipinski definition) is 12. The van der Waals surface area contributed by atoms with Crippen LogP contribution < -0.4 is 21.3 Å². The molecule has 0 aromatic rings. The Balaban J connectivity index is 4.38. The minimum Gasteiger partial charge on any atom is -0.390 e. The zero-order valence-corrected chi connectivity index (χ0v) is 57.2. The van der Waals surface area contributed by atoms with Crippen molar-refractivity contribution in [3.05, 3.63) is 24.8 Å². The molecule has 0 bridgehead atoms. The van der Waals surface area contributed by atoms with Gasteiger partial charge in [-0.05, 0) is 93.3 Å². The molecule has 0 aromatic heterocycles. The van der Waals surface area contributed by atoms with Crippen LogP contribution in [0.4, 0.5) is 0 Å². The summed E-state index contributed by atoms with van der Waals surface area (Å²) in [6.45, 7) is 32.9. The van der Waals surface area contributed by atoms with E-state index in [9.17, 15) is 48.3 Å². The predicted molar refractivity (Wildman–Crippen MR) is 338 cm³/mol. The largest absolute Gasteiger partial charge is 0.390 e. The smallest absolute Gasteiger partial charge is 0.246 e. The number of amides is 11. The van der Waals surface area contributed by atoms with E-state index in [4.69, 9.17) is 0 Å². The molecule has 0 saturated carbocycles. The number of nitrogens with zero attached hydrogens (tertiary/aromatic N) is 7. The molecule has 0 unspecified atom stereocenters. The SMILES string of the molecule is C=C/C=C/C[C@@H](C)[C@@H](O)[C@H]1C(=O)N[C@@H](C(C)C)C(=O)N(C)CC(=O)N(C)[C@@H](CC(C)C)C(=O)N[C@@H](C(C)C)C(=O)N(C)[C@@H](CC(C)C)C(=O)N[C@@H](C)C(=O)N[C@H](C)C(=O)N(C)[C@@H](CC(C)C)C(=O)N(C)[C@@H](CC(C)C)C(=O)N(C)[C@@H](C(C)C)C(=O)N1C. The van der Waals surface area contributed by atoms with Gasteiger partial charge in [-0.15, -0.1) is 0 Å². The van der Waals surface area contributed by atoms with Gasteiger partial charge < -0.3 is 60.7 Å². The van der Waals surface area contributed by atoms with Crippen molar-refractivity contribution < 1.29 is 57.8 Å². The maximum absolute atomic E-state index is 15.2. The second-order valence-corrected chi connectivity index (χ2v) is 26.9. The molecular formula is C64H113N11O12. The first kappa shape index (κ1) is 78.6. The summed E-state index contributed by atoms with van der Waals surface area (Å²) < 4.78 is 0. The summed E-state index contributed by atoms with van der Waals surface area (Å²) in [6.07, 6.45) is 4.27. The summed E-state index contributed by atoms with van der Waals surface area (Å²) in [5.74, 6) is -10.5. The Hall–Kier alpha value is -6.39. The highest BCUT2D eigenvalue weighted by Gasteiger charge is 2.46. The zero-order chi connectivity index (χ0) is 67.6. The first-order valence-corrected chi connectivity index (χ1v) is 31.1. The number of likely N-dealkylation sites (N-methyl/N-ethyl adjacent to an activating group) is 7. The van der Waals surface area contributed by atoms with E-state index in [2.05, 4.69) is 27.8 Å². The number of carbonyl (C=O) groups excluding carboxylic acids is 11. The monoisotopic (exact) mass is 1230 g/mol. The summed E-state index contributed by atoms with van der Waals surface area (Å²) >= 11 is 0. The standard InChI is InChI=1S/C64H113N11O12/c1-26-27-28-29-42(16)54(77)53-58(81)68-50(39(10)11)62(85)69(19)34-49(76)70(20)45(30-35(2)3)57(80)67-51(40(12)13)63(86)71(21)46(31-36(4)5)56(79)65-43(17)55(78)66-44(18)59(82)72(22)47(32-37(6)7)60(83)73(23)48(33-38(8)9)61(84)74(24)52(41(14)15)64(87)75(53)25/h26-28,35-48,50-54,77H,1,29-34H2,2-25H3,(H,65,79)(H,66,78)(H,67,80)(H,68,81)/b28-27+/t42-,43+,44-,45+,46+,47+,48+,50+,51+,52+,53+,54-/m1/s1. The van der Waals surface area contributed by atoms with Crippen molar-refractivity contribution >= 4 is 65.0 Å². The third-order valence-corrected chi connectivity index (χ3v) is 16.3. The van der Waals surface area contributed by atoms with Crippen LogP contribution in [0.15, 0.2) is 24.8 Å². The summed E-state index contributed by atoms with van der Waals surface area (Å²) in [5.41, 5.74) is 0. The van der Waals surface area contributed by atoms with Gasteiger partial charge in [-0.3, -0.25) is 52.7 Å². The topological polar surface area (TPSA) is 279 Å². The van der Waals surface area contributed by atoms with Gasteiger partial charge in [-0.25, -0.2) is 0 Å². The third kappa shape index (κ3) is 22.3. The molecule has 1 heterocycles. The summed E-state index contributed by atoms with van der Waals surface area (Å²) in [4.78, 5) is 169. The lowest BCUT2D eigenvalue weighted by Crippen LogP contribution is -2.64. The van der Waals surface area contributed by atoms with Crippen LogP contribution >= 0.6 is 0 Å². The summed E-state index contributed by atoms with van der Waals surface area (Å²) in [7, 11) is 9.90. The Labute approximate surface area is 520 Å². The van der Waals surface area contributed by atoms with E-state index in [0.29, 0.717) is 0 Å². The number of allylic oxidation sites excluding steroid dienone is 3. The van der Waals surface area contributed by atoms with Crippen LogP contribution in [0.1, 0.15) is 150 Å². The molecule has 1 aliphatic rings. The molecule has 0 spiro atoms. The van der Waals surface area contributed by atoms with Crippen LogP contribution in [-0.4, -0.2) is 227 Å². The zero-order valence-electron chi connectivity index (χ0n) is 57.2. The molecule has 0 aromatic carbocycles. The van der Waals surface area contributed by atoms with Gasteiger partial charge in [0.2, 0.25) is 65.0 Å². The molecule has 0 aliphatic carbocycles. The maximum Gasteiger partial charge on any atom is 0.246 e. The van der Waals surface area contributed by atoms with Crippen molar-refractivity contribution in [1.29, 1.82) is 0 Å². The number of nitrogens with one attached hydrogen (secondary N) is 4. The summed E-state index contributed by atoms with van der Waals surface area (Å²) in [6, 6.07) is -12.5. The van der Waals surface area contributed by atoms with Crippen molar-refractivity contribution in [3.8, 4) is 0 Å². The van der Waals surface area contributed by atoms with Gasteiger partial charge in [-0.1, -0.05) is 129 Å². The molecule has 23 nitrogen and oxygen atoms in total. The van der Waals surface area contributed by atoms with E-state index in [1.165, 1.54) is 87.7 Å². The molecular weight excluding hydrogens is 1110 g/mol. The van der Waals surface area contributed by atoms with E-state index in [1.54, 1.807) is 66.7 Å². The van der Waals surface area contributed by atoms with Gasteiger partial charge in [0.1, 0.15) is 60.4 Å². The Kier molecular flexibility index (Phi) is 32.1. The lowest BCUT2D eigenvalue weighted by atomic mass is 9.91. The Bertz CT molecular complexity index is 2410. The molecule has 1 rings (SSSR count). The van der Waals surface area contributed by atoms with Crippen molar-refractivity contribution in [3.63, 3.8) is 0 Å². The normalized spacial score (nSPS) is 26.6. The molecule has 12 atom stereocenters. The first-order chi connectivity index (χ1) is 40.1. The maximum atomic E-state index is 15.2. The Morgan fingerprint density at radius 2 is 0.816 bits per heavy atom. The number of carbonyl (C=O) groups is 11. The van der Waals surface area contributed by atoms with Crippen LogP contribution in [0, 0.1) is 47.3 Å². The molecule has 23 heteroatoms. The molecule has 5 N–H and O–H groups in total. The van der Waals surface area contributed by atoms with Gasteiger partial charge in [0.15, 0.2) is 0 Å². The van der Waals surface area contributed by atoms with Gasteiger partial charge in [-0.2, -0.15) is 0 Å². The minimum absolute atomic E-state index is 0.133. The molecule has 1 saturated heterocycles. The van der Waals surface area contributed by atoms with Crippen molar-refractivity contribution in [2.24, 2.45) is 47.3 Å². The van der Waals surface area contributed by atoms with Crippen molar-refractivity contribution in [2.45, 2.75) is 216 Å². The van der Waals surface area contributed by atoms with Crippen LogP contribution in [0.2, 0.25) is 0 Å². The lowest BCUT2D eigenvalue weighted by Gasteiger charge is -2.41. The van der Waals surface area contributed by atoms with Crippen LogP contribution in [-0.2, 0) is 52.7 Å². The molecule has 1 fully saturated rings. The van der Waals surface area contributed by atoms with E-state index in [-0.39, 0.29) is 55.8 Å². The van der Waals surface area contributed by atoms with Gasteiger partial charge in [0.25, 0.3) is 0 Å². The average Bonchev–Trinajstić information content (AvgIpc) is 1.17. The predicted octanol–water partition coefficient (Wildman–Crippen LogP) is 3.68. The fraction of sp³-hybridized carbons (Fsp3) is 0.766. The van der Waals surface area contributed by atoms with Crippen molar-refractivity contribution in [2.75, 3.05) is 55.9 Å². The van der Waals surface area contributed by atoms with E-state index in [0.717, 1.165) is 9.80 Å². The number of aliphatic hydroxyl groups excluding tert-OH is 1. The van der Waals surface area contributed by atoms with Crippen molar-refractivity contribution in [1.82, 2.24) is 55.6 Å². The third-order valence-electron chi connectivity index (χ3n) is 16.3. The Morgan fingerprint density at radius 1 is 0.437 bits per heavy atom. The van der Waals surface area contributed by atoms with E-state index in [1.807, 2.05) is 55.4 Å². The summed E-state index contributed by atoms with van der Waals surface area (Å²) in [5, 5.41) is 23.2. The Morgan fingerprint density at radius 3 is 1.26 bits per heavy atom. The van der Waals surface area contributed by atoms with Gasteiger partial charge in [0.05, 0.1) is 12.6 Å². The van der Waals surface area contributed by atoms with Crippen LogP contribution in [0.25, 0.3) is 0 Å². The van der Waals surface area contributed by atoms with E-state index < -0.39 is 162 Å². The highest BCUT2D eigenvalue weighted by Crippen LogP contribution is 2.26. The second-order valence-electron chi connectivity index (χ2n) is 26.9. The molecule has 87 heavy (non-hydrogen) atoms. The molecule has 11 amide bonds. The fourth-order valence-electron chi connectivity index (χ4n) is 10.8. The lowest BCUT2D eigenvalue weighted by molar-refractivity contribution is -0.157. The minimum atomic E-state index is -1.65. The van der Waals surface area contributed by atoms with Crippen LogP contribution in [0.5, 0.6) is 0 Å². The highest BCUT2D eigenvalue weighted by atomic mass is 16.3. The molecule has 0 radical (unpaired) electrons. The second kappa shape index (κ2) is 35.6. The highest BCUT2D eigenvalue weighted by molar-refractivity contribution is 5.99. The van der Waals surface area contributed by atoms with Crippen LogP contribution in [0.3, 0.4) is 0 Å². The van der Waals surface area contributed by atoms with E-state index >= 15 is 9.59 Å². The van der Waals surface area contributed by atoms with Gasteiger partial charge >= 0.3 is 0 Å². The molecule has 1 aliphatic heterocycles. The number of aliphatic hydroxyl groups is 1. The number of rotatable bonds is 16. The fourth-order valence-corrected chi connectivity index (χ4v) is 10.8. The average molecular weight is 1230 g/mol. The molecule has 496 valence electrons. The van der Waals surface area contributed by atoms with Gasteiger partial charge in [0, 0.05) is 49.3 Å².